The van der Waals surface area contributed by atoms with Gasteiger partial charge in [0.25, 0.3) is 0 Å². The maximum atomic E-state index is 7.04. The zero-order chi connectivity index (χ0) is 46.0. The van der Waals surface area contributed by atoms with Crippen molar-refractivity contribution >= 4 is 43.9 Å². The van der Waals surface area contributed by atoms with Gasteiger partial charge < -0.3 is 8.83 Å². The van der Waals surface area contributed by atoms with Crippen LogP contribution in [0, 0.1) is 0 Å². The van der Waals surface area contributed by atoms with E-state index in [0.717, 1.165) is 44.2 Å². The predicted molar refractivity (Wildman–Crippen MR) is 282 cm³/mol. The molecule has 0 saturated carbocycles. The van der Waals surface area contributed by atoms with E-state index >= 15 is 0 Å². The molecule has 0 atom stereocenters. The van der Waals surface area contributed by atoms with E-state index < -0.39 is 0 Å². The molecular weight excluding hydrogens is 825 g/mol. The van der Waals surface area contributed by atoms with Crippen molar-refractivity contribution in [1.29, 1.82) is 0 Å². The van der Waals surface area contributed by atoms with E-state index in [9.17, 15) is 0 Å². The molecule has 68 heavy (non-hydrogen) atoms. The van der Waals surface area contributed by atoms with Crippen LogP contribution in [0.25, 0.3) is 111 Å². The molecule has 2 aromatic heterocycles. The molecule has 0 fully saturated rings. The minimum Gasteiger partial charge on any atom is -0.455 e. The van der Waals surface area contributed by atoms with E-state index in [0.29, 0.717) is 0 Å². The Hall–Kier alpha value is -7.42. The summed E-state index contributed by atoms with van der Waals surface area (Å²) in [5.41, 5.74) is 29.2. The quantitative estimate of drug-likeness (QED) is 0.173. The fraction of sp³-hybridized carbons (Fsp3) is 0.182. The topological polar surface area (TPSA) is 26.3 Å². The number of fused-ring (bicyclic) bond motifs is 21. The fourth-order valence-electron chi connectivity index (χ4n) is 14.1. The summed E-state index contributed by atoms with van der Waals surface area (Å²) in [5, 5.41) is 4.75. The number of benzene rings is 9. The number of hydrogen-bond acceptors (Lipinski definition) is 2. The van der Waals surface area contributed by atoms with Crippen LogP contribution in [0.4, 0.5) is 0 Å². The zero-order valence-electron chi connectivity index (χ0n) is 39.8. The van der Waals surface area contributed by atoms with Gasteiger partial charge in [0.05, 0.1) is 0 Å². The molecule has 0 unspecified atom stereocenters. The zero-order valence-corrected chi connectivity index (χ0v) is 39.8. The molecule has 9 aromatic carbocycles. The van der Waals surface area contributed by atoms with E-state index in [1.807, 2.05) is 0 Å². The monoisotopic (exact) mass is 874 g/mol. The molecule has 0 amide bonds. The van der Waals surface area contributed by atoms with Crippen LogP contribution in [0.15, 0.2) is 167 Å². The molecule has 326 valence electrons. The molecule has 0 spiro atoms. The largest absolute Gasteiger partial charge is 0.455 e. The molecule has 15 rings (SSSR count). The van der Waals surface area contributed by atoms with E-state index in [2.05, 4.69) is 213 Å². The summed E-state index contributed by atoms with van der Waals surface area (Å²) in [5.74, 6) is 0. The van der Waals surface area contributed by atoms with Crippen molar-refractivity contribution in [3.8, 4) is 66.8 Å². The van der Waals surface area contributed by atoms with E-state index in [4.69, 9.17) is 8.83 Å². The summed E-state index contributed by atoms with van der Waals surface area (Å²) < 4.78 is 14.1. The highest BCUT2D eigenvalue weighted by Crippen LogP contribution is 2.64. The summed E-state index contributed by atoms with van der Waals surface area (Å²) >= 11 is 0. The molecule has 11 aromatic rings. The van der Waals surface area contributed by atoms with Gasteiger partial charge in [-0.1, -0.05) is 177 Å². The molecule has 2 heteroatoms. The molecule has 0 saturated heterocycles. The third kappa shape index (κ3) is 4.51. The third-order valence-electron chi connectivity index (χ3n) is 17.4. The number of furan rings is 2. The first-order valence-electron chi connectivity index (χ1n) is 24.4. The van der Waals surface area contributed by atoms with Gasteiger partial charge in [-0.15, -0.1) is 0 Å². The SMILES string of the molecule is CC1(C)c2ccccc2-c2cc(-c3cc4c(c5c3oc3ccccc35)-c3ccc5c(c3C4(C)C)C(C)(C)c3cc(-c4ccc6c(c4)-c4ccccc4C6(C)C)c4oc6ccccc6c4c3-5)ccc21. The average Bonchev–Trinajstić information content (AvgIpc) is 4.13. The standard InChI is InChI=1S/C66H50O2/c1-63(2)47-21-13-9-17-37(47)45-31-35(25-29-49(45)63)43-33-51-55(57-39-19-11-15-23-53(39)67-61(43)57)41-27-28-42-56-52(66(7,8)60(42)59(41)65(51,5)6)34-44(62-58(56)40-20-12-16-24-54(40)68-62)36-26-30-50-46(32-36)38-18-10-14-22-48(38)64(50,3)4/h9-34H,1-8H3. The Morgan fingerprint density at radius 3 is 1.12 bits per heavy atom. The van der Waals surface area contributed by atoms with Crippen LogP contribution < -0.4 is 0 Å². The molecular formula is C66H50O2. The Balaban J connectivity index is 0.976. The first-order chi connectivity index (χ1) is 32.8. The molecule has 4 aliphatic carbocycles. The van der Waals surface area contributed by atoms with E-state index in [1.165, 1.54) is 111 Å². The maximum Gasteiger partial charge on any atom is 0.143 e. The van der Waals surface area contributed by atoms with Crippen molar-refractivity contribution in [2.75, 3.05) is 0 Å². The van der Waals surface area contributed by atoms with Gasteiger partial charge in [-0.05, 0) is 137 Å². The van der Waals surface area contributed by atoms with Gasteiger partial charge in [-0.3, -0.25) is 0 Å². The Labute approximate surface area is 396 Å². The highest BCUT2D eigenvalue weighted by molar-refractivity contribution is 6.21. The lowest BCUT2D eigenvalue weighted by molar-refractivity contribution is 0.601. The van der Waals surface area contributed by atoms with Crippen LogP contribution in [0.5, 0.6) is 0 Å². The Morgan fingerprint density at radius 2 is 0.676 bits per heavy atom. The molecule has 0 radical (unpaired) electrons. The Kier molecular flexibility index (Phi) is 7.03. The van der Waals surface area contributed by atoms with Crippen molar-refractivity contribution in [3.63, 3.8) is 0 Å². The van der Waals surface area contributed by atoms with Crippen LogP contribution in [0.3, 0.4) is 0 Å². The molecule has 4 aliphatic rings. The Morgan fingerprint density at radius 1 is 0.294 bits per heavy atom. The summed E-state index contributed by atoms with van der Waals surface area (Å²) in [4.78, 5) is 0. The van der Waals surface area contributed by atoms with Crippen LogP contribution in [-0.4, -0.2) is 0 Å². The van der Waals surface area contributed by atoms with Crippen molar-refractivity contribution in [3.05, 3.63) is 202 Å². The summed E-state index contributed by atoms with van der Waals surface area (Å²) in [6, 6.07) is 59.3. The minimum atomic E-state index is -0.331. The fourth-order valence-corrected chi connectivity index (χ4v) is 14.1. The van der Waals surface area contributed by atoms with Crippen molar-refractivity contribution in [2.45, 2.75) is 77.0 Å². The molecule has 0 N–H and O–H groups in total. The lowest BCUT2D eigenvalue weighted by atomic mass is 9.72. The molecule has 2 nitrogen and oxygen atoms in total. The second-order valence-electron chi connectivity index (χ2n) is 22.3. The van der Waals surface area contributed by atoms with Gasteiger partial charge in [-0.2, -0.15) is 0 Å². The minimum absolute atomic E-state index is 0.0644. The second kappa shape index (κ2) is 12.4. The van der Waals surface area contributed by atoms with Crippen LogP contribution in [0.2, 0.25) is 0 Å². The molecule has 0 aliphatic heterocycles. The summed E-state index contributed by atoms with van der Waals surface area (Å²) in [6.07, 6.45) is 0. The van der Waals surface area contributed by atoms with Crippen molar-refractivity contribution in [2.24, 2.45) is 0 Å². The maximum absolute atomic E-state index is 7.04. The van der Waals surface area contributed by atoms with Gasteiger partial charge >= 0.3 is 0 Å². The normalized spacial score (nSPS) is 16.7. The van der Waals surface area contributed by atoms with Gasteiger partial charge in [0.15, 0.2) is 0 Å². The molecule has 0 bridgehead atoms. The highest BCUT2D eigenvalue weighted by atomic mass is 16.3. The third-order valence-corrected chi connectivity index (χ3v) is 17.4. The second-order valence-corrected chi connectivity index (χ2v) is 22.3. The van der Waals surface area contributed by atoms with Crippen molar-refractivity contribution in [1.82, 2.24) is 0 Å². The van der Waals surface area contributed by atoms with Crippen LogP contribution in [0.1, 0.15) is 99.9 Å². The molecule has 2 heterocycles. The lowest BCUT2D eigenvalue weighted by Crippen LogP contribution is -2.24. The van der Waals surface area contributed by atoms with E-state index in [1.54, 1.807) is 0 Å². The van der Waals surface area contributed by atoms with Gasteiger partial charge in [0.2, 0.25) is 0 Å². The smallest absolute Gasteiger partial charge is 0.143 e. The number of rotatable bonds is 2. The first-order valence-corrected chi connectivity index (χ1v) is 24.4. The van der Waals surface area contributed by atoms with Crippen molar-refractivity contribution < 1.29 is 8.83 Å². The van der Waals surface area contributed by atoms with Gasteiger partial charge in [-0.25, -0.2) is 0 Å². The van der Waals surface area contributed by atoms with Crippen LogP contribution in [-0.2, 0) is 21.7 Å². The predicted octanol–water partition coefficient (Wildman–Crippen LogP) is 18.0. The first kappa shape index (κ1) is 38.7. The number of hydrogen-bond donors (Lipinski definition) is 0. The average molecular weight is 875 g/mol. The van der Waals surface area contributed by atoms with Crippen LogP contribution >= 0.6 is 0 Å². The van der Waals surface area contributed by atoms with Gasteiger partial charge in [0.1, 0.15) is 22.3 Å². The summed E-state index contributed by atoms with van der Waals surface area (Å²) in [6.45, 7) is 19.3. The highest BCUT2D eigenvalue weighted by Gasteiger charge is 2.48. The van der Waals surface area contributed by atoms with E-state index in [-0.39, 0.29) is 21.7 Å². The lowest BCUT2D eigenvalue weighted by Gasteiger charge is -2.31. The number of para-hydroxylation sites is 2. The summed E-state index contributed by atoms with van der Waals surface area (Å²) in [7, 11) is 0. The Bertz CT molecular complexity index is 3870. The van der Waals surface area contributed by atoms with Gasteiger partial charge in [0, 0.05) is 54.3 Å².